The normalized spacial score (nSPS) is 11.0. The van der Waals surface area contributed by atoms with Gasteiger partial charge in [-0.05, 0) is 59.1 Å². The topological polar surface area (TPSA) is 69.5 Å². The highest BCUT2D eigenvalue weighted by atomic mass is 79.9. The molecule has 0 aliphatic heterocycles. The molecule has 0 amide bonds. The van der Waals surface area contributed by atoms with E-state index in [4.69, 9.17) is 4.42 Å². The molecule has 0 radical (unpaired) electrons. The van der Waals surface area contributed by atoms with Gasteiger partial charge < -0.3 is 9.52 Å². The summed E-state index contributed by atoms with van der Waals surface area (Å²) in [5.74, 6) is 1.01. The Morgan fingerprint density at radius 3 is 2.13 bits per heavy atom. The fraction of sp³-hybridized carbons (Fsp3) is 0.0769. The smallest absolute Gasteiger partial charge is 0.238 e. The average Bonchev–Trinajstić information content (AvgIpc) is 3.14. The number of hydrogen-bond donors (Lipinski definition) is 1. The van der Waals surface area contributed by atoms with Gasteiger partial charge in [-0.15, -0.1) is 0 Å². The summed E-state index contributed by atoms with van der Waals surface area (Å²) in [6, 6.07) is 23.3. The van der Waals surface area contributed by atoms with Crippen LogP contribution in [0.4, 0.5) is 5.88 Å². The van der Waals surface area contributed by atoms with E-state index in [1.807, 2.05) is 62.4 Å². The molecule has 0 unspecified atom stereocenters. The first kappa shape index (κ1) is 20.6. The van der Waals surface area contributed by atoms with E-state index in [-0.39, 0.29) is 11.6 Å². The molecule has 0 saturated heterocycles. The molecule has 0 aliphatic carbocycles. The first-order valence-corrected chi connectivity index (χ1v) is 10.5. The Labute approximate surface area is 189 Å². The van der Waals surface area contributed by atoms with Crippen molar-refractivity contribution < 1.29 is 9.52 Å². The molecule has 152 valence electrons. The molecule has 4 nitrogen and oxygen atoms in total. The van der Waals surface area contributed by atoms with Crippen LogP contribution in [0.15, 0.2) is 80.6 Å². The van der Waals surface area contributed by atoms with E-state index < -0.39 is 0 Å². The summed E-state index contributed by atoms with van der Waals surface area (Å²) in [6.07, 6.45) is 1.61. The van der Waals surface area contributed by atoms with Gasteiger partial charge in [0.15, 0.2) is 0 Å². The summed E-state index contributed by atoms with van der Waals surface area (Å²) in [6.45, 7) is 4.05. The third-order valence-corrected chi connectivity index (χ3v) is 5.59. The van der Waals surface area contributed by atoms with Crippen LogP contribution in [0, 0.1) is 25.2 Å². The lowest BCUT2D eigenvalue weighted by Crippen LogP contribution is -1.85. The van der Waals surface area contributed by atoms with E-state index in [2.05, 4.69) is 27.0 Å². The highest BCUT2D eigenvalue weighted by Crippen LogP contribution is 2.42. The lowest BCUT2D eigenvalue weighted by atomic mass is 9.97. The van der Waals surface area contributed by atoms with Gasteiger partial charge in [0.25, 0.3) is 0 Å². The number of aromatic hydroxyl groups is 1. The van der Waals surface area contributed by atoms with Crippen LogP contribution in [0.3, 0.4) is 0 Å². The number of halogens is 1. The van der Waals surface area contributed by atoms with Crippen LogP contribution in [-0.4, -0.2) is 11.3 Å². The first-order chi connectivity index (χ1) is 15.0. The number of benzene rings is 3. The summed E-state index contributed by atoms with van der Waals surface area (Å²) in [5.41, 5.74) is 5.93. The van der Waals surface area contributed by atoms with Crippen molar-refractivity contribution in [1.82, 2.24) is 0 Å². The average molecular weight is 471 g/mol. The van der Waals surface area contributed by atoms with E-state index in [0.717, 1.165) is 33.4 Å². The summed E-state index contributed by atoms with van der Waals surface area (Å²) < 4.78 is 6.71. The lowest BCUT2D eigenvalue weighted by Gasteiger charge is -2.05. The monoisotopic (exact) mass is 470 g/mol. The summed E-state index contributed by atoms with van der Waals surface area (Å²) >= 11 is 3.30. The quantitative estimate of drug-likeness (QED) is 0.317. The van der Waals surface area contributed by atoms with Crippen molar-refractivity contribution >= 4 is 28.0 Å². The Kier molecular flexibility index (Phi) is 5.75. The third kappa shape index (κ3) is 4.30. The predicted molar refractivity (Wildman–Crippen MR) is 127 cm³/mol. The van der Waals surface area contributed by atoms with Gasteiger partial charge in [0.05, 0.1) is 4.47 Å². The molecule has 1 N–H and O–H groups in total. The number of rotatable bonds is 4. The maximum Gasteiger partial charge on any atom is 0.238 e. The van der Waals surface area contributed by atoms with Gasteiger partial charge >= 0.3 is 0 Å². The third-order valence-electron chi connectivity index (χ3n) is 4.96. The summed E-state index contributed by atoms with van der Waals surface area (Å²) in [5, 5.41) is 19.7. The van der Waals surface area contributed by atoms with Crippen molar-refractivity contribution in [3.05, 3.63) is 93.5 Å². The molecule has 1 aromatic heterocycles. The number of phenolic OH excluding ortho intramolecular Hbond substituents is 1. The fourth-order valence-corrected chi connectivity index (χ4v) is 3.65. The van der Waals surface area contributed by atoms with E-state index in [9.17, 15) is 10.4 Å². The van der Waals surface area contributed by atoms with Crippen molar-refractivity contribution in [3.8, 4) is 34.3 Å². The fourth-order valence-electron chi connectivity index (χ4n) is 3.25. The van der Waals surface area contributed by atoms with Crippen molar-refractivity contribution in [2.45, 2.75) is 13.8 Å². The van der Waals surface area contributed by atoms with Crippen molar-refractivity contribution in [2.24, 2.45) is 4.99 Å². The zero-order valence-corrected chi connectivity index (χ0v) is 18.6. The van der Waals surface area contributed by atoms with Crippen LogP contribution < -0.4 is 0 Å². The molecule has 0 fully saturated rings. The van der Waals surface area contributed by atoms with Crippen molar-refractivity contribution in [2.75, 3.05) is 0 Å². The number of nitriles is 1. The molecule has 31 heavy (non-hydrogen) atoms. The van der Waals surface area contributed by atoms with Gasteiger partial charge in [0, 0.05) is 17.3 Å². The Morgan fingerprint density at radius 1 is 0.935 bits per heavy atom. The van der Waals surface area contributed by atoms with Gasteiger partial charge in [-0.3, -0.25) is 0 Å². The Hall–Kier alpha value is -3.62. The number of aryl methyl sites for hydroxylation is 2. The van der Waals surface area contributed by atoms with E-state index in [1.54, 1.807) is 24.4 Å². The number of hydrogen-bond acceptors (Lipinski definition) is 4. The summed E-state index contributed by atoms with van der Waals surface area (Å²) in [7, 11) is 0. The lowest BCUT2D eigenvalue weighted by molar-refractivity contribution is 0.472. The SMILES string of the molecule is Cc1ccc(-c2oc(N=Cc3ccc(O)c(Br)c3)c(C#N)c2-c2ccc(C)cc2)cc1. The molecule has 0 bridgehead atoms. The second-order valence-corrected chi connectivity index (χ2v) is 8.15. The molecule has 0 spiro atoms. The molecule has 5 heteroatoms. The van der Waals surface area contributed by atoms with Gasteiger partial charge in [-0.25, -0.2) is 4.99 Å². The van der Waals surface area contributed by atoms with Crippen LogP contribution in [-0.2, 0) is 0 Å². The van der Waals surface area contributed by atoms with Crippen LogP contribution in [0.1, 0.15) is 22.3 Å². The van der Waals surface area contributed by atoms with Crippen LogP contribution >= 0.6 is 15.9 Å². The molecule has 0 saturated carbocycles. The molecule has 3 aromatic carbocycles. The molecule has 0 atom stereocenters. The van der Waals surface area contributed by atoms with Crippen LogP contribution in [0.2, 0.25) is 0 Å². The molecule has 4 rings (SSSR count). The van der Waals surface area contributed by atoms with E-state index in [1.165, 1.54) is 0 Å². The van der Waals surface area contributed by atoms with E-state index in [0.29, 0.717) is 15.8 Å². The second kappa shape index (κ2) is 8.63. The molecular formula is C26H19BrN2O2. The zero-order valence-electron chi connectivity index (χ0n) is 17.1. The largest absolute Gasteiger partial charge is 0.507 e. The van der Waals surface area contributed by atoms with Gasteiger partial charge in [-0.2, -0.15) is 5.26 Å². The second-order valence-electron chi connectivity index (χ2n) is 7.30. The van der Waals surface area contributed by atoms with Crippen LogP contribution in [0.5, 0.6) is 5.75 Å². The van der Waals surface area contributed by atoms with E-state index >= 15 is 0 Å². The van der Waals surface area contributed by atoms with Gasteiger partial charge in [0.2, 0.25) is 5.88 Å². The van der Waals surface area contributed by atoms with Crippen molar-refractivity contribution in [3.63, 3.8) is 0 Å². The minimum atomic E-state index is 0.149. The number of phenols is 1. The Morgan fingerprint density at radius 2 is 1.55 bits per heavy atom. The highest BCUT2D eigenvalue weighted by molar-refractivity contribution is 9.10. The van der Waals surface area contributed by atoms with Crippen LogP contribution in [0.25, 0.3) is 22.5 Å². The standard InChI is InChI=1S/C26H19BrN2O2/c1-16-3-8-19(9-4-16)24-21(14-28)26(29-15-18-7-12-23(30)22(27)13-18)31-25(24)20-10-5-17(2)6-11-20/h3-13,15,30H,1-2H3. The summed E-state index contributed by atoms with van der Waals surface area (Å²) in [4.78, 5) is 4.47. The first-order valence-electron chi connectivity index (χ1n) is 9.70. The Balaban J connectivity index is 1.88. The number of furan rings is 1. The molecule has 1 heterocycles. The van der Waals surface area contributed by atoms with Gasteiger partial charge in [0.1, 0.15) is 23.1 Å². The molecule has 4 aromatic rings. The minimum absolute atomic E-state index is 0.149. The highest BCUT2D eigenvalue weighted by Gasteiger charge is 2.22. The number of nitrogens with zero attached hydrogens (tertiary/aromatic N) is 2. The Bertz CT molecular complexity index is 1310. The van der Waals surface area contributed by atoms with Crippen molar-refractivity contribution in [1.29, 1.82) is 5.26 Å². The predicted octanol–water partition coefficient (Wildman–Crippen LogP) is 7.32. The minimum Gasteiger partial charge on any atom is -0.507 e. The van der Waals surface area contributed by atoms with Gasteiger partial charge in [-0.1, -0.05) is 59.7 Å². The molecular weight excluding hydrogens is 452 g/mol. The molecule has 0 aliphatic rings. The zero-order chi connectivity index (χ0) is 22.0. The number of aliphatic imine (C=N–C) groups is 1. The maximum absolute atomic E-state index is 9.97. The maximum atomic E-state index is 9.97.